The molecule has 1 N–H and O–H groups in total. The molecule has 1 aliphatic carbocycles. The third-order valence-electron chi connectivity index (χ3n) is 5.79. The van der Waals surface area contributed by atoms with E-state index in [0.29, 0.717) is 32.5 Å². The van der Waals surface area contributed by atoms with Crippen molar-refractivity contribution in [3.05, 3.63) is 16.1 Å². The standard InChI is InChI=1S/C20H31N3O3S/c1-14-21-11-17(27-14)12-23(3)19(25)15-8-16(26-13-15)10-22-18(24)9-20(2)6-4-5-7-20/h11,15-16H,4-10,12-13H2,1-3H3,(H,22,24)/t15-,16-/m0/s1. The summed E-state index contributed by atoms with van der Waals surface area (Å²) in [6.07, 6.45) is 7.77. The number of hydrogen-bond donors (Lipinski definition) is 1. The van der Waals surface area contributed by atoms with E-state index >= 15 is 0 Å². The van der Waals surface area contributed by atoms with Crippen LogP contribution in [0.15, 0.2) is 6.20 Å². The van der Waals surface area contributed by atoms with Crippen molar-refractivity contribution in [1.82, 2.24) is 15.2 Å². The van der Waals surface area contributed by atoms with Crippen LogP contribution >= 0.6 is 11.3 Å². The molecule has 1 aromatic heterocycles. The van der Waals surface area contributed by atoms with Gasteiger partial charge in [0.05, 0.1) is 30.2 Å². The fraction of sp³-hybridized carbons (Fsp3) is 0.750. The van der Waals surface area contributed by atoms with E-state index < -0.39 is 0 Å². The molecule has 6 nitrogen and oxygen atoms in total. The first-order valence-electron chi connectivity index (χ1n) is 9.89. The lowest BCUT2D eigenvalue weighted by Crippen LogP contribution is -2.35. The van der Waals surface area contributed by atoms with Crippen molar-refractivity contribution < 1.29 is 14.3 Å². The number of thiazole rings is 1. The van der Waals surface area contributed by atoms with Crippen LogP contribution in [-0.2, 0) is 20.9 Å². The molecule has 2 heterocycles. The molecule has 1 saturated carbocycles. The van der Waals surface area contributed by atoms with Gasteiger partial charge in [0.25, 0.3) is 0 Å². The van der Waals surface area contributed by atoms with Crippen molar-refractivity contribution in [1.29, 1.82) is 0 Å². The van der Waals surface area contributed by atoms with Gasteiger partial charge in [-0.2, -0.15) is 0 Å². The Bertz CT molecular complexity index is 669. The first kappa shape index (κ1) is 20.3. The fourth-order valence-corrected chi connectivity index (χ4v) is 5.05. The van der Waals surface area contributed by atoms with E-state index in [1.807, 2.05) is 20.2 Å². The number of hydrogen-bond acceptors (Lipinski definition) is 5. The lowest BCUT2D eigenvalue weighted by molar-refractivity contribution is -0.134. The van der Waals surface area contributed by atoms with Gasteiger partial charge in [0, 0.05) is 31.1 Å². The molecule has 0 spiro atoms. The van der Waals surface area contributed by atoms with Crippen molar-refractivity contribution in [2.75, 3.05) is 20.2 Å². The number of amides is 2. The van der Waals surface area contributed by atoms with Gasteiger partial charge in [-0.15, -0.1) is 11.3 Å². The first-order chi connectivity index (χ1) is 12.8. The second-order valence-electron chi connectivity index (χ2n) is 8.43. The summed E-state index contributed by atoms with van der Waals surface area (Å²) >= 11 is 1.62. The molecular weight excluding hydrogens is 362 g/mol. The summed E-state index contributed by atoms with van der Waals surface area (Å²) in [5.74, 6) is 0.0853. The van der Waals surface area contributed by atoms with E-state index in [2.05, 4.69) is 17.2 Å². The van der Waals surface area contributed by atoms with Crippen LogP contribution in [0.5, 0.6) is 0 Å². The number of aromatic nitrogens is 1. The average Bonchev–Trinajstić information content (AvgIpc) is 3.34. The predicted octanol–water partition coefficient (Wildman–Crippen LogP) is 2.90. The van der Waals surface area contributed by atoms with Gasteiger partial charge in [0.2, 0.25) is 11.8 Å². The number of nitrogens with one attached hydrogen (secondary N) is 1. The van der Waals surface area contributed by atoms with Crippen molar-refractivity contribution in [2.45, 2.75) is 65.0 Å². The quantitative estimate of drug-likeness (QED) is 0.773. The normalized spacial score (nSPS) is 24.1. The number of carbonyl (C=O) groups is 2. The molecule has 0 radical (unpaired) electrons. The zero-order valence-corrected chi connectivity index (χ0v) is 17.4. The van der Waals surface area contributed by atoms with Gasteiger partial charge in [-0.1, -0.05) is 19.8 Å². The smallest absolute Gasteiger partial charge is 0.228 e. The highest BCUT2D eigenvalue weighted by Gasteiger charge is 2.34. The monoisotopic (exact) mass is 393 g/mol. The maximum Gasteiger partial charge on any atom is 0.228 e. The Morgan fingerprint density at radius 3 is 2.81 bits per heavy atom. The van der Waals surface area contributed by atoms with Crippen LogP contribution in [0.2, 0.25) is 0 Å². The molecule has 0 aromatic carbocycles. The summed E-state index contributed by atoms with van der Waals surface area (Å²) in [5.41, 5.74) is 0.164. The number of ether oxygens (including phenoxy) is 1. The van der Waals surface area contributed by atoms with E-state index in [9.17, 15) is 9.59 Å². The second-order valence-corrected chi connectivity index (χ2v) is 9.75. The third kappa shape index (κ3) is 5.51. The van der Waals surface area contributed by atoms with Crippen LogP contribution in [0.1, 0.15) is 55.3 Å². The molecule has 3 rings (SSSR count). The maximum atomic E-state index is 12.7. The van der Waals surface area contributed by atoms with Gasteiger partial charge < -0.3 is 15.0 Å². The Labute approximate surface area is 165 Å². The van der Waals surface area contributed by atoms with E-state index in [-0.39, 0.29) is 29.3 Å². The Balaban J connectivity index is 1.40. The van der Waals surface area contributed by atoms with E-state index in [1.54, 1.807) is 16.2 Å². The summed E-state index contributed by atoms with van der Waals surface area (Å²) in [6.45, 7) is 5.69. The van der Waals surface area contributed by atoms with Gasteiger partial charge in [-0.25, -0.2) is 4.98 Å². The molecule has 0 bridgehead atoms. The summed E-state index contributed by atoms with van der Waals surface area (Å²) in [4.78, 5) is 32.0. The van der Waals surface area contributed by atoms with E-state index in [0.717, 1.165) is 22.7 Å². The van der Waals surface area contributed by atoms with Crippen LogP contribution < -0.4 is 5.32 Å². The van der Waals surface area contributed by atoms with Gasteiger partial charge in [-0.05, 0) is 31.6 Å². The Kier molecular flexibility index (Phi) is 6.52. The van der Waals surface area contributed by atoms with Crippen molar-refractivity contribution in [3.63, 3.8) is 0 Å². The molecular formula is C20H31N3O3S. The number of nitrogens with zero attached hydrogens (tertiary/aromatic N) is 2. The van der Waals surface area contributed by atoms with E-state index in [4.69, 9.17) is 4.74 Å². The molecule has 2 fully saturated rings. The largest absolute Gasteiger partial charge is 0.376 e. The van der Waals surface area contributed by atoms with E-state index in [1.165, 1.54) is 12.8 Å². The van der Waals surface area contributed by atoms with Gasteiger partial charge in [-0.3, -0.25) is 9.59 Å². The van der Waals surface area contributed by atoms with Crippen LogP contribution in [0.3, 0.4) is 0 Å². The highest BCUT2D eigenvalue weighted by atomic mass is 32.1. The topological polar surface area (TPSA) is 71.5 Å². The highest BCUT2D eigenvalue weighted by Crippen LogP contribution is 2.40. The molecule has 1 saturated heterocycles. The minimum atomic E-state index is -0.127. The van der Waals surface area contributed by atoms with Crippen LogP contribution in [-0.4, -0.2) is 48.0 Å². The molecule has 150 valence electrons. The number of aryl methyl sites for hydroxylation is 1. The molecule has 7 heteroatoms. The zero-order valence-electron chi connectivity index (χ0n) is 16.6. The highest BCUT2D eigenvalue weighted by molar-refractivity contribution is 7.11. The molecule has 2 atom stereocenters. The lowest BCUT2D eigenvalue weighted by atomic mass is 9.85. The van der Waals surface area contributed by atoms with Crippen molar-refractivity contribution in [3.8, 4) is 0 Å². The van der Waals surface area contributed by atoms with Crippen LogP contribution in [0, 0.1) is 18.3 Å². The predicted molar refractivity (Wildman–Crippen MR) is 105 cm³/mol. The van der Waals surface area contributed by atoms with Gasteiger partial charge in [0.1, 0.15) is 0 Å². The molecule has 2 amide bonds. The Hall–Kier alpha value is -1.47. The van der Waals surface area contributed by atoms with Crippen molar-refractivity contribution in [2.24, 2.45) is 11.3 Å². The van der Waals surface area contributed by atoms with Gasteiger partial charge >= 0.3 is 0 Å². The molecule has 27 heavy (non-hydrogen) atoms. The minimum Gasteiger partial charge on any atom is -0.376 e. The Morgan fingerprint density at radius 2 is 2.15 bits per heavy atom. The van der Waals surface area contributed by atoms with Crippen LogP contribution in [0.25, 0.3) is 0 Å². The van der Waals surface area contributed by atoms with Crippen molar-refractivity contribution >= 4 is 23.2 Å². The zero-order chi connectivity index (χ0) is 19.4. The Morgan fingerprint density at radius 1 is 1.41 bits per heavy atom. The fourth-order valence-electron chi connectivity index (χ4n) is 4.20. The summed E-state index contributed by atoms with van der Waals surface area (Å²) in [7, 11) is 1.83. The minimum absolute atomic E-state index is 0.0710. The summed E-state index contributed by atoms with van der Waals surface area (Å²) < 4.78 is 5.76. The SMILES string of the molecule is Cc1ncc(CN(C)C(=O)[C@@H]2CO[C@H](CNC(=O)CC3(C)CCCC3)C2)s1. The number of rotatable bonds is 7. The third-order valence-corrected chi connectivity index (χ3v) is 6.69. The molecule has 1 aliphatic heterocycles. The molecule has 2 aliphatic rings. The maximum absolute atomic E-state index is 12.7. The average molecular weight is 394 g/mol. The summed E-state index contributed by atoms with van der Waals surface area (Å²) in [5, 5.41) is 4.02. The first-order valence-corrected chi connectivity index (χ1v) is 10.7. The van der Waals surface area contributed by atoms with Gasteiger partial charge in [0.15, 0.2) is 0 Å². The lowest BCUT2D eigenvalue weighted by Gasteiger charge is -2.23. The second kappa shape index (κ2) is 8.69. The molecule has 0 unspecified atom stereocenters. The molecule has 1 aromatic rings. The summed E-state index contributed by atoms with van der Waals surface area (Å²) in [6, 6.07) is 0. The van der Waals surface area contributed by atoms with Crippen LogP contribution in [0.4, 0.5) is 0 Å². The number of carbonyl (C=O) groups excluding carboxylic acids is 2.